The van der Waals surface area contributed by atoms with Crippen molar-refractivity contribution in [3.8, 4) is 0 Å². The zero-order valence-electron chi connectivity index (χ0n) is 10.1. The Morgan fingerprint density at radius 1 is 1.12 bits per heavy atom. The highest BCUT2D eigenvalue weighted by Gasteiger charge is 2.20. The number of aromatic nitrogens is 1. The van der Waals surface area contributed by atoms with Crippen LogP contribution in [0.15, 0.2) is 10.8 Å². The molecule has 0 aromatic carbocycles. The molecule has 0 aliphatic carbocycles. The van der Waals surface area contributed by atoms with Gasteiger partial charge >= 0.3 is 0 Å². The van der Waals surface area contributed by atoms with Crippen LogP contribution >= 0.6 is 0 Å². The van der Waals surface area contributed by atoms with Crippen molar-refractivity contribution in [3.05, 3.63) is 17.5 Å². The fourth-order valence-corrected chi connectivity index (χ4v) is 2.50. The summed E-state index contributed by atoms with van der Waals surface area (Å²) in [6.07, 6.45) is 2.81. The summed E-state index contributed by atoms with van der Waals surface area (Å²) >= 11 is 0. The van der Waals surface area contributed by atoms with Crippen molar-refractivity contribution in [2.24, 2.45) is 0 Å². The highest BCUT2D eigenvalue weighted by molar-refractivity contribution is 5.17. The minimum atomic E-state index is 0.885. The van der Waals surface area contributed by atoms with Gasteiger partial charge in [-0.15, -0.1) is 0 Å². The van der Waals surface area contributed by atoms with Gasteiger partial charge in [0.25, 0.3) is 0 Å². The molecule has 2 aliphatic heterocycles. The molecule has 0 N–H and O–H groups in total. The van der Waals surface area contributed by atoms with Gasteiger partial charge in [-0.25, -0.2) is 0 Å². The van der Waals surface area contributed by atoms with E-state index in [0.717, 1.165) is 64.6 Å². The van der Waals surface area contributed by atoms with Gasteiger partial charge in [-0.3, -0.25) is 9.80 Å². The molecule has 1 aromatic heterocycles. The number of morpholine rings is 1. The maximum absolute atomic E-state index is 5.35. The lowest BCUT2D eigenvalue weighted by Gasteiger charge is -2.31. The van der Waals surface area contributed by atoms with Crippen molar-refractivity contribution in [2.45, 2.75) is 13.0 Å². The second kappa shape index (κ2) is 5.16. The SMILES string of the molecule is c1onc2c1CN(CCN1CCOCC1)CC2. The smallest absolute Gasteiger partial charge is 0.128 e. The third kappa shape index (κ3) is 2.68. The summed E-state index contributed by atoms with van der Waals surface area (Å²) in [4.78, 5) is 4.96. The van der Waals surface area contributed by atoms with Crippen LogP contribution in [0.4, 0.5) is 0 Å². The zero-order valence-corrected chi connectivity index (χ0v) is 10.1. The summed E-state index contributed by atoms with van der Waals surface area (Å²) in [6, 6.07) is 0. The Balaban J connectivity index is 1.47. The lowest BCUT2D eigenvalue weighted by atomic mass is 10.1. The fraction of sp³-hybridized carbons (Fsp3) is 0.750. The highest BCUT2D eigenvalue weighted by Crippen LogP contribution is 2.16. The molecular weight excluding hydrogens is 218 g/mol. The standard InChI is InChI=1S/C12H19N3O2/c1-2-15(9-11-10-17-13-12(1)11)4-3-14-5-7-16-8-6-14/h10H,1-9H2. The molecule has 17 heavy (non-hydrogen) atoms. The molecule has 3 rings (SSSR count). The third-order valence-electron chi connectivity index (χ3n) is 3.62. The fourth-order valence-electron chi connectivity index (χ4n) is 2.50. The highest BCUT2D eigenvalue weighted by atomic mass is 16.5. The largest absolute Gasteiger partial charge is 0.379 e. The van der Waals surface area contributed by atoms with Crippen LogP contribution in [0.2, 0.25) is 0 Å². The van der Waals surface area contributed by atoms with Crippen LogP contribution in [0.1, 0.15) is 11.3 Å². The van der Waals surface area contributed by atoms with E-state index in [-0.39, 0.29) is 0 Å². The molecular formula is C12H19N3O2. The van der Waals surface area contributed by atoms with Gasteiger partial charge < -0.3 is 9.26 Å². The molecule has 5 nitrogen and oxygen atoms in total. The van der Waals surface area contributed by atoms with Crippen LogP contribution in [0, 0.1) is 0 Å². The van der Waals surface area contributed by atoms with Crippen molar-refractivity contribution >= 4 is 0 Å². The van der Waals surface area contributed by atoms with Crippen molar-refractivity contribution < 1.29 is 9.26 Å². The van der Waals surface area contributed by atoms with E-state index in [9.17, 15) is 0 Å². The number of hydrogen-bond acceptors (Lipinski definition) is 5. The van der Waals surface area contributed by atoms with E-state index >= 15 is 0 Å². The Hall–Kier alpha value is -0.910. The molecule has 1 fully saturated rings. The molecule has 0 unspecified atom stereocenters. The van der Waals surface area contributed by atoms with Crippen molar-refractivity contribution in [1.82, 2.24) is 15.0 Å². The van der Waals surface area contributed by atoms with Crippen LogP contribution in [-0.4, -0.2) is 60.9 Å². The van der Waals surface area contributed by atoms with E-state index in [2.05, 4.69) is 15.0 Å². The minimum Gasteiger partial charge on any atom is -0.379 e. The molecule has 1 saturated heterocycles. The normalized spacial score (nSPS) is 22.6. The van der Waals surface area contributed by atoms with E-state index in [1.807, 2.05) is 0 Å². The first-order chi connectivity index (χ1) is 8.42. The number of hydrogen-bond donors (Lipinski definition) is 0. The summed E-state index contributed by atoms with van der Waals surface area (Å²) in [7, 11) is 0. The predicted molar refractivity (Wildman–Crippen MR) is 62.7 cm³/mol. The quantitative estimate of drug-likeness (QED) is 0.759. The van der Waals surface area contributed by atoms with Gasteiger partial charge in [0.15, 0.2) is 0 Å². The van der Waals surface area contributed by atoms with E-state index in [1.54, 1.807) is 6.26 Å². The van der Waals surface area contributed by atoms with Crippen LogP contribution in [0.25, 0.3) is 0 Å². The molecule has 0 atom stereocenters. The monoisotopic (exact) mass is 237 g/mol. The maximum Gasteiger partial charge on any atom is 0.128 e. The summed E-state index contributed by atoms with van der Waals surface area (Å²) in [6.45, 7) is 8.28. The molecule has 0 bridgehead atoms. The van der Waals surface area contributed by atoms with E-state index in [0.29, 0.717) is 0 Å². The minimum absolute atomic E-state index is 0.885. The van der Waals surface area contributed by atoms with Crippen LogP contribution in [-0.2, 0) is 17.7 Å². The predicted octanol–water partition coefficient (Wildman–Crippen LogP) is 0.365. The molecule has 2 aliphatic rings. The van der Waals surface area contributed by atoms with Gasteiger partial charge in [0.2, 0.25) is 0 Å². The molecule has 5 heteroatoms. The van der Waals surface area contributed by atoms with Gasteiger partial charge in [0, 0.05) is 51.3 Å². The summed E-state index contributed by atoms with van der Waals surface area (Å²) in [5, 5.41) is 4.01. The van der Waals surface area contributed by atoms with Crippen molar-refractivity contribution in [2.75, 3.05) is 45.9 Å². The molecule has 0 amide bonds. The van der Waals surface area contributed by atoms with Crippen LogP contribution in [0.5, 0.6) is 0 Å². The first kappa shape index (κ1) is 11.2. The second-order valence-corrected chi connectivity index (χ2v) is 4.77. The molecule has 3 heterocycles. The van der Waals surface area contributed by atoms with Crippen LogP contribution in [0.3, 0.4) is 0 Å². The Labute approximate surface area is 101 Å². The van der Waals surface area contributed by atoms with E-state index in [1.165, 1.54) is 5.56 Å². The van der Waals surface area contributed by atoms with Gasteiger partial charge in [-0.1, -0.05) is 5.16 Å². The maximum atomic E-state index is 5.35. The molecule has 94 valence electrons. The second-order valence-electron chi connectivity index (χ2n) is 4.77. The van der Waals surface area contributed by atoms with Crippen molar-refractivity contribution in [1.29, 1.82) is 0 Å². The molecule has 0 radical (unpaired) electrons. The summed E-state index contributed by atoms with van der Waals surface area (Å²) in [5.74, 6) is 0. The Kier molecular flexibility index (Phi) is 3.40. The molecule has 1 aromatic rings. The zero-order chi connectivity index (χ0) is 11.5. The lowest BCUT2D eigenvalue weighted by molar-refractivity contribution is 0.0326. The average molecular weight is 237 g/mol. The Morgan fingerprint density at radius 3 is 2.82 bits per heavy atom. The first-order valence-electron chi connectivity index (χ1n) is 6.36. The van der Waals surface area contributed by atoms with Gasteiger partial charge in [-0.05, 0) is 0 Å². The number of ether oxygens (including phenoxy) is 1. The lowest BCUT2D eigenvalue weighted by Crippen LogP contribution is -2.42. The van der Waals surface area contributed by atoms with Crippen molar-refractivity contribution in [3.63, 3.8) is 0 Å². The molecule has 0 spiro atoms. The van der Waals surface area contributed by atoms with Gasteiger partial charge in [-0.2, -0.15) is 0 Å². The molecule has 0 saturated carbocycles. The average Bonchev–Trinajstić information content (AvgIpc) is 2.85. The van der Waals surface area contributed by atoms with Crippen LogP contribution < -0.4 is 0 Å². The summed E-state index contributed by atoms with van der Waals surface area (Å²) < 4.78 is 10.4. The van der Waals surface area contributed by atoms with Gasteiger partial charge in [0.05, 0.1) is 18.9 Å². The summed E-state index contributed by atoms with van der Waals surface area (Å²) in [5.41, 5.74) is 2.41. The Morgan fingerprint density at radius 2 is 1.94 bits per heavy atom. The van der Waals surface area contributed by atoms with E-state index in [4.69, 9.17) is 9.26 Å². The van der Waals surface area contributed by atoms with E-state index < -0.39 is 0 Å². The number of fused-ring (bicyclic) bond motifs is 1. The topological polar surface area (TPSA) is 41.7 Å². The Bertz CT molecular complexity index is 360. The third-order valence-corrected chi connectivity index (χ3v) is 3.62. The number of rotatable bonds is 3. The number of nitrogens with zero attached hydrogens (tertiary/aromatic N) is 3. The first-order valence-corrected chi connectivity index (χ1v) is 6.36. The van der Waals surface area contributed by atoms with Gasteiger partial charge in [0.1, 0.15) is 6.26 Å².